The fraction of sp³-hybridized carbons (Fsp3) is 0.0750. The molecule has 0 N–H and O–H groups in total. The molecule has 0 fully saturated rings. The standard InChI is InChI=1S/C40H28BrO5P/c1-2-46-39(45)33-34(26-22-24-27(41)25-23-26)40(36(42)31-20-12-13-21-32(31)37(40)43)38(44)35(33)47(28-14-6-3-7-15-28,29-16-8-4-9-17-29)30-18-10-5-11-19-30/h3-25H,2H2,1H3. The molecule has 0 saturated carbocycles. The Labute approximate surface area is 281 Å². The van der Waals surface area contributed by atoms with E-state index in [4.69, 9.17) is 4.74 Å². The molecule has 0 atom stereocenters. The first-order valence-corrected chi connectivity index (χ1v) is 17.8. The van der Waals surface area contributed by atoms with Crippen LogP contribution in [0.2, 0.25) is 0 Å². The summed E-state index contributed by atoms with van der Waals surface area (Å²) < 4.78 is 6.51. The smallest absolute Gasteiger partial charge is 0.339 e. The highest BCUT2D eigenvalue weighted by atomic mass is 79.9. The van der Waals surface area contributed by atoms with Crippen LogP contribution in [0.15, 0.2) is 150 Å². The molecule has 5 aromatic carbocycles. The maximum Gasteiger partial charge on any atom is 0.339 e. The highest BCUT2D eigenvalue weighted by molar-refractivity contribution is 9.10. The number of allylic oxidation sites excluding steroid dienone is 1. The minimum absolute atomic E-state index is 0.0278. The molecule has 0 unspecified atom stereocenters. The van der Waals surface area contributed by atoms with E-state index in [0.29, 0.717) is 5.56 Å². The van der Waals surface area contributed by atoms with Crippen molar-refractivity contribution in [3.8, 4) is 0 Å². The van der Waals surface area contributed by atoms with Crippen LogP contribution in [0.25, 0.3) is 5.57 Å². The lowest BCUT2D eigenvalue weighted by atomic mass is 9.73. The Kier molecular flexibility index (Phi) is 7.87. The van der Waals surface area contributed by atoms with Crippen LogP contribution >= 0.6 is 22.8 Å². The van der Waals surface area contributed by atoms with Crippen molar-refractivity contribution in [1.82, 2.24) is 0 Å². The number of ether oxygens (including phenoxy) is 1. The Morgan fingerprint density at radius 2 is 1.04 bits per heavy atom. The van der Waals surface area contributed by atoms with Gasteiger partial charge in [0.05, 0.1) is 12.2 Å². The number of halogens is 1. The highest BCUT2D eigenvalue weighted by Crippen LogP contribution is 2.59. The summed E-state index contributed by atoms with van der Waals surface area (Å²) in [7, 11) is 0. The maximum atomic E-state index is 15.8. The summed E-state index contributed by atoms with van der Waals surface area (Å²) in [6.07, 6.45) is 0. The summed E-state index contributed by atoms with van der Waals surface area (Å²) in [5.74, 6) is -2.71. The quantitative estimate of drug-likeness (QED) is 0.114. The van der Waals surface area contributed by atoms with Gasteiger partial charge in [0.2, 0.25) is 0 Å². The number of carbonyl (C=O) groups is 4. The predicted octanol–water partition coefficient (Wildman–Crippen LogP) is 6.58. The fourth-order valence-electron chi connectivity index (χ4n) is 7.02. The summed E-state index contributed by atoms with van der Waals surface area (Å²) >= 11 is 3.48. The SMILES string of the molecule is CCOC(=O)C1=C(c2ccc(Br)cc2)C2(C(=O)C1=P(c1ccccc1)(c1ccccc1)c1ccccc1)C(=O)c1ccccc1C2=O. The van der Waals surface area contributed by atoms with Crippen molar-refractivity contribution in [3.63, 3.8) is 0 Å². The van der Waals surface area contributed by atoms with Crippen LogP contribution in [0.3, 0.4) is 0 Å². The molecule has 7 rings (SSSR count). The lowest BCUT2D eigenvalue weighted by Crippen LogP contribution is -2.44. The van der Waals surface area contributed by atoms with Crippen LogP contribution < -0.4 is 15.9 Å². The minimum Gasteiger partial charge on any atom is -0.462 e. The van der Waals surface area contributed by atoms with Gasteiger partial charge in [0.25, 0.3) is 0 Å². The number of rotatable bonds is 6. The summed E-state index contributed by atoms with van der Waals surface area (Å²) in [5, 5.41) is 2.52. The Bertz CT molecular complexity index is 2030. The van der Waals surface area contributed by atoms with Gasteiger partial charge in [0.1, 0.15) is 0 Å². The van der Waals surface area contributed by atoms with E-state index in [2.05, 4.69) is 15.9 Å². The van der Waals surface area contributed by atoms with E-state index in [-0.39, 0.29) is 34.2 Å². The molecule has 2 aliphatic rings. The van der Waals surface area contributed by atoms with E-state index in [0.717, 1.165) is 20.4 Å². The molecule has 5 nitrogen and oxygen atoms in total. The summed E-state index contributed by atoms with van der Waals surface area (Å²) in [6, 6.07) is 42.3. The fourth-order valence-corrected chi connectivity index (χ4v) is 11.8. The van der Waals surface area contributed by atoms with E-state index in [1.54, 1.807) is 55.5 Å². The molecular formula is C40H28BrO5P. The maximum absolute atomic E-state index is 15.8. The molecule has 7 heteroatoms. The van der Waals surface area contributed by atoms with Gasteiger partial charge < -0.3 is 4.74 Å². The molecule has 0 radical (unpaired) electrons. The van der Waals surface area contributed by atoms with Gasteiger partial charge >= 0.3 is 5.97 Å². The third-order valence-electron chi connectivity index (χ3n) is 8.89. The van der Waals surface area contributed by atoms with Crippen LogP contribution in [0, 0.1) is 5.41 Å². The predicted molar refractivity (Wildman–Crippen MR) is 190 cm³/mol. The lowest BCUT2D eigenvalue weighted by molar-refractivity contribution is -0.137. The molecule has 0 aromatic heterocycles. The average molecular weight is 700 g/mol. The van der Waals surface area contributed by atoms with Crippen molar-refractivity contribution in [2.24, 2.45) is 5.41 Å². The number of hydrogen-bond acceptors (Lipinski definition) is 5. The van der Waals surface area contributed by atoms with Crippen molar-refractivity contribution >= 4 is 72.9 Å². The average Bonchev–Trinajstić information content (AvgIpc) is 3.51. The number of esters is 1. The summed E-state index contributed by atoms with van der Waals surface area (Å²) in [5.41, 5.74) is -1.53. The number of benzene rings is 5. The topological polar surface area (TPSA) is 77.5 Å². The number of ketones is 3. The number of hydrogen-bond donors (Lipinski definition) is 0. The van der Waals surface area contributed by atoms with Crippen LogP contribution in [-0.4, -0.2) is 35.2 Å². The zero-order valence-electron chi connectivity index (χ0n) is 25.4. The van der Waals surface area contributed by atoms with Crippen molar-refractivity contribution in [3.05, 3.63) is 166 Å². The molecule has 0 aliphatic heterocycles. The Morgan fingerprint density at radius 3 is 1.47 bits per heavy atom. The van der Waals surface area contributed by atoms with Gasteiger partial charge in [-0.15, -0.1) is 0 Å². The zero-order valence-corrected chi connectivity index (χ0v) is 27.8. The minimum atomic E-state index is -3.29. The van der Waals surface area contributed by atoms with Gasteiger partial charge in [-0.2, -0.15) is 0 Å². The third-order valence-corrected chi connectivity index (χ3v) is 13.7. The van der Waals surface area contributed by atoms with Crippen LogP contribution in [0.1, 0.15) is 33.2 Å². The number of fused-ring (bicyclic) bond motifs is 1. The lowest BCUT2D eigenvalue weighted by Gasteiger charge is -2.32. The first-order valence-electron chi connectivity index (χ1n) is 15.2. The van der Waals surface area contributed by atoms with Crippen molar-refractivity contribution in [2.75, 3.05) is 6.61 Å². The second-order valence-electron chi connectivity index (χ2n) is 11.3. The monoisotopic (exact) mass is 698 g/mol. The Morgan fingerprint density at radius 1 is 0.617 bits per heavy atom. The van der Waals surface area contributed by atoms with E-state index in [1.807, 2.05) is 91.0 Å². The van der Waals surface area contributed by atoms with E-state index in [9.17, 15) is 14.4 Å². The molecule has 0 bridgehead atoms. The molecule has 2 aliphatic carbocycles. The molecule has 0 amide bonds. The molecule has 230 valence electrons. The molecular weight excluding hydrogens is 671 g/mol. The number of carbonyl (C=O) groups excluding carboxylic acids is 4. The van der Waals surface area contributed by atoms with Gasteiger partial charge in [-0.1, -0.05) is 143 Å². The van der Waals surface area contributed by atoms with Crippen molar-refractivity contribution < 1.29 is 23.9 Å². The van der Waals surface area contributed by atoms with Gasteiger partial charge in [0, 0.05) is 26.5 Å². The van der Waals surface area contributed by atoms with Crippen LogP contribution in [0.4, 0.5) is 0 Å². The van der Waals surface area contributed by atoms with Gasteiger partial charge in [-0.3, -0.25) is 14.4 Å². The number of Topliss-reactive ketones (excluding diaryl/α,β-unsaturated/α-hetero) is 3. The molecule has 0 heterocycles. The normalized spacial score (nSPS) is 15.4. The first kappa shape index (κ1) is 30.7. The largest absolute Gasteiger partial charge is 0.462 e. The van der Waals surface area contributed by atoms with Crippen molar-refractivity contribution in [2.45, 2.75) is 6.92 Å². The van der Waals surface area contributed by atoms with Gasteiger partial charge in [-0.25, -0.2) is 4.79 Å². The second kappa shape index (κ2) is 12.0. The molecule has 1 spiro atoms. The Hall–Kier alpha value is -4.90. The second-order valence-corrected chi connectivity index (χ2v) is 15.5. The van der Waals surface area contributed by atoms with E-state index in [1.165, 1.54) is 0 Å². The first-order chi connectivity index (χ1) is 22.9. The van der Waals surface area contributed by atoms with Gasteiger partial charge in [0.15, 0.2) is 22.8 Å². The highest BCUT2D eigenvalue weighted by Gasteiger charge is 2.67. The van der Waals surface area contributed by atoms with Crippen LogP contribution in [0.5, 0.6) is 0 Å². The molecule has 5 aromatic rings. The Balaban J connectivity index is 1.79. The summed E-state index contributed by atoms with van der Waals surface area (Å²) in [6.45, 7) is -1.57. The van der Waals surface area contributed by atoms with Crippen LogP contribution in [-0.2, 0) is 14.3 Å². The van der Waals surface area contributed by atoms with E-state index < -0.39 is 35.6 Å². The molecule has 47 heavy (non-hydrogen) atoms. The molecule has 0 saturated heterocycles. The zero-order chi connectivity index (χ0) is 32.8. The van der Waals surface area contributed by atoms with Crippen molar-refractivity contribution in [1.29, 1.82) is 0 Å². The summed E-state index contributed by atoms with van der Waals surface area (Å²) in [4.78, 5) is 60.1. The van der Waals surface area contributed by atoms with Gasteiger partial charge in [-0.05, 0) is 47.4 Å². The van der Waals surface area contributed by atoms with E-state index >= 15 is 4.79 Å². The third kappa shape index (κ3) is 4.43.